The van der Waals surface area contributed by atoms with Gasteiger partial charge >= 0.3 is 0 Å². The number of rotatable bonds is 3. The van der Waals surface area contributed by atoms with E-state index in [0.717, 1.165) is 26.9 Å². The molecule has 0 aliphatic heterocycles. The number of halogens is 1. The first-order chi connectivity index (χ1) is 9.45. The van der Waals surface area contributed by atoms with Crippen molar-refractivity contribution in [2.45, 2.75) is 27.2 Å². The summed E-state index contributed by atoms with van der Waals surface area (Å²) in [6, 6.07) is 12.0. The highest BCUT2D eigenvalue weighted by Gasteiger charge is 2.07. The Morgan fingerprint density at radius 2 is 1.60 bits per heavy atom. The monoisotopic (exact) mass is 331 g/mol. The largest absolute Gasteiger partial charge is 0.326 e. The smallest absolute Gasteiger partial charge is 0.228 e. The lowest BCUT2D eigenvalue weighted by atomic mass is 10.1. The van der Waals surface area contributed by atoms with Crippen molar-refractivity contribution in [3.63, 3.8) is 0 Å². The minimum Gasteiger partial charge on any atom is -0.326 e. The number of amides is 1. The van der Waals surface area contributed by atoms with E-state index in [-0.39, 0.29) is 5.91 Å². The predicted molar refractivity (Wildman–Crippen MR) is 87.1 cm³/mol. The first-order valence-corrected chi connectivity index (χ1v) is 7.37. The van der Waals surface area contributed by atoms with E-state index in [1.54, 1.807) is 0 Å². The van der Waals surface area contributed by atoms with Gasteiger partial charge in [0.2, 0.25) is 5.91 Å². The van der Waals surface area contributed by atoms with Crippen molar-refractivity contribution in [1.29, 1.82) is 0 Å². The summed E-state index contributed by atoms with van der Waals surface area (Å²) in [4.78, 5) is 12.1. The summed E-state index contributed by atoms with van der Waals surface area (Å²) < 4.78 is 1.09. The number of carbonyl (C=O) groups is 1. The lowest BCUT2D eigenvalue weighted by Crippen LogP contribution is -2.14. The Morgan fingerprint density at radius 3 is 2.15 bits per heavy atom. The van der Waals surface area contributed by atoms with Crippen LogP contribution >= 0.6 is 15.9 Å². The van der Waals surface area contributed by atoms with Crippen molar-refractivity contribution in [3.05, 3.63) is 63.1 Å². The van der Waals surface area contributed by atoms with Crippen LogP contribution in [0.2, 0.25) is 0 Å². The first kappa shape index (κ1) is 14.8. The number of benzene rings is 2. The van der Waals surface area contributed by atoms with E-state index in [4.69, 9.17) is 0 Å². The number of carbonyl (C=O) groups excluding carboxylic acids is 1. The van der Waals surface area contributed by atoms with Crippen LogP contribution in [-0.2, 0) is 11.2 Å². The molecule has 2 rings (SSSR count). The third kappa shape index (κ3) is 3.70. The van der Waals surface area contributed by atoms with Crippen LogP contribution in [0.5, 0.6) is 0 Å². The predicted octanol–water partition coefficient (Wildman–Crippen LogP) is 4.56. The molecule has 0 bridgehead atoms. The molecular weight excluding hydrogens is 314 g/mol. The zero-order valence-corrected chi connectivity index (χ0v) is 13.5. The Balaban J connectivity index is 2.06. The standard InChI is InChI=1S/C17H18BrNO/c1-11-4-6-14(7-5-11)10-16(20)19-15-8-12(2)17(18)13(3)9-15/h4-9H,10H2,1-3H3,(H,19,20). The molecule has 3 heteroatoms. The molecule has 0 aromatic heterocycles. The number of nitrogens with one attached hydrogen (secondary N) is 1. The van der Waals surface area contributed by atoms with Crippen molar-refractivity contribution in [3.8, 4) is 0 Å². The number of anilines is 1. The molecule has 0 saturated carbocycles. The molecule has 0 fully saturated rings. The number of hydrogen-bond acceptors (Lipinski definition) is 1. The Kier molecular flexibility index (Phi) is 4.61. The fourth-order valence-electron chi connectivity index (χ4n) is 2.11. The van der Waals surface area contributed by atoms with Gasteiger partial charge in [0.05, 0.1) is 6.42 Å². The normalized spacial score (nSPS) is 10.4. The van der Waals surface area contributed by atoms with Crippen molar-refractivity contribution in [2.75, 3.05) is 5.32 Å². The topological polar surface area (TPSA) is 29.1 Å². The quantitative estimate of drug-likeness (QED) is 0.877. The molecule has 0 atom stereocenters. The molecule has 0 radical (unpaired) electrons. The van der Waals surface area contributed by atoms with Crippen LogP contribution in [0.15, 0.2) is 40.9 Å². The van der Waals surface area contributed by atoms with Gasteiger partial charge in [-0.25, -0.2) is 0 Å². The van der Waals surface area contributed by atoms with E-state index >= 15 is 0 Å². The van der Waals surface area contributed by atoms with Crippen molar-refractivity contribution in [1.82, 2.24) is 0 Å². The van der Waals surface area contributed by atoms with Gasteiger partial charge in [-0.2, -0.15) is 0 Å². The molecule has 2 nitrogen and oxygen atoms in total. The molecule has 0 aliphatic rings. The molecule has 0 saturated heterocycles. The molecular formula is C17H18BrNO. The fraction of sp³-hybridized carbons (Fsp3) is 0.235. The highest BCUT2D eigenvalue weighted by atomic mass is 79.9. The maximum Gasteiger partial charge on any atom is 0.228 e. The second-order valence-electron chi connectivity index (χ2n) is 5.13. The lowest BCUT2D eigenvalue weighted by molar-refractivity contribution is -0.115. The maximum absolute atomic E-state index is 12.1. The zero-order valence-electron chi connectivity index (χ0n) is 12.0. The van der Waals surface area contributed by atoms with Crippen LogP contribution in [0.1, 0.15) is 22.3 Å². The Morgan fingerprint density at radius 1 is 1.05 bits per heavy atom. The van der Waals surface area contributed by atoms with Crippen LogP contribution in [0.3, 0.4) is 0 Å². The Hall–Kier alpha value is -1.61. The van der Waals surface area contributed by atoms with Gasteiger partial charge in [0, 0.05) is 10.2 Å². The highest BCUT2D eigenvalue weighted by Crippen LogP contribution is 2.25. The van der Waals surface area contributed by atoms with Crippen LogP contribution in [0.25, 0.3) is 0 Å². The third-order valence-electron chi connectivity index (χ3n) is 3.21. The Bertz CT molecular complexity index is 609. The van der Waals surface area contributed by atoms with Crippen molar-refractivity contribution < 1.29 is 4.79 Å². The minimum absolute atomic E-state index is 0.00924. The van der Waals surface area contributed by atoms with E-state index < -0.39 is 0 Å². The second kappa shape index (κ2) is 6.23. The summed E-state index contributed by atoms with van der Waals surface area (Å²) in [6.45, 7) is 6.08. The Labute approximate surface area is 128 Å². The molecule has 0 heterocycles. The summed E-state index contributed by atoms with van der Waals surface area (Å²) in [7, 11) is 0. The SMILES string of the molecule is Cc1ccc(CC(=O)Nc2cc(C)c(Br)c(C)c2)cc1. The molecule has 1 amide bonds. The van der Waals surface area contributed by atoms with Gasteiger partial charge in [0.1, 0.15) is 0 Å². The van der Waals surface area contributed by atoms with E-state index in [0.29, 0.717) is 6.42 Å². The van der Waals surface area contributed by atoms with Gasteiger partial charge in [-0.1, -0.05) is 45.8 Å². The summed E-state index contributed by atoms with van der Waals surface area (Å²) in [5.74, 6) is 0.00924. The van der Waals surface area contributed by atoms with Crippen LogP contribution in [0.4, 0.5) is 5.69 Å². The average Bonchev–Trinajstić information content (AvgIpc) is 2.38. The molecule has 0 spiro atoms. The molecule has 104 valence electrons. The van der Waals surface area contributed by atoms with Gasteiger partial charge < -0.3 is 5.32 Å². The highest BCUT2D eigenvalue weighted by molar-refractivity contribution is 9.10. The van der Waals surface area contributed by atoms with E-state index in [2.05, 4.69) is 21.2 Å². The lowest BCUT2D eigenvalue weighted by Gasteiger charge is -2.10. The van der Waals surface area contributed by atoms with Gasteiger partial charge in [0.25, 0.3) is 0 Å². The van der Waals surface area contributed by atoms with E-state index in [9.17, 15) is 4.79 Å². The van der Waals surface area contributed by atoms with Gasteiger partial charge in [-0.15, -0.1) is 0 Å². The molecule has 1 N–H and O–H groups in total. The van der Waals surface area contributed by atoms with Crippen molar-refractivity contribution in [2.24, 2.45) is 0 Å². The summed E-state index contributed by atoms with van der Waals surface area (Å²) in [5.41, 5.74) is 5.32. The van der Waals surface area contributed by atoms with E-state index in [1.165, 1.54) is 5.56 Å². The second-order valence-corrected chi connectivity index (χ2v) is 5.93. The number of aryl methyl sites for hydroxylation is 3. The summed E-state index contributed by atoms with van der Waals surface area (Å²) >= 11 is 3.53. The number of hydrogen-bond donors (Lipinski definition) is 1. The molecule has 2 aromatic carbocycles. The third-order valence-corrected chi connectivity index (χ3v) is 4.46. The van der Waals surface area contributed by atoms with Crippen LogP contribution in [-0.4, -0.2) is 5.91 Å². The van der Waals surface area contributed by atoms with Crippen LogP contribution < -0.4 is 5.32 Å². The molecule has 20 heavy (non-hydrogen) atoms. The fourth-order valence-corrected chi connectivity index (χ4v) is 2.34. The van der Waals surface area contributed by atoms with E-state index in [1.807, 2.05) is 57.2 Å². The zero-order chi connectivity index (χ0) is 14.7. The minimum atomic E-state index is 0.00924. The van der Waals surface area contributed by atoms with Crippen LogP contribution in [0, 0.1) is 20.8 Å². The van der Waals surface area contributed by atoms with Gasteiger partial charge in [-0.3, -0.25) is 4.79 Å². The average molecular weight is 332 g/mol. The molecule has 0 unspecified atom stereocenters. The summed E-state index contributed by atoms with van der Waals surface area (Å²) in [5, 5.41) is 2.95. The summed E-state index contributed by atoms with van der Waals surface area (Å²) in [6.07, 6.45) is 0.397. The molecule has 2 aromatic rings. The molecule has 0 aliphatic carbocycles. The first-order valence-electron chi connectivity index (χ1n) is 6.58. The van der Waals surface area contributed by atoms with Gasteiger partial charge in [-0.05, 0) is 49.6 Å². The maximum atomic E-state index is 12.1. The van der Waals surface area contributed by atoms with Crippen molar-refractivity contribution >= 4 is 27.5 Å². The van der Waals surface area contributed by atoms with Gasteiger partial charge in [0.15, 0.2) is 0 Å².